The van der Waals surface area contributed by atoms with Crippen LogP contribution in [0.15, 0.2) is 0 Å². The van der Waals surface area contributed by atoms with Crippen LogP contribution in [0, 0.1) is 17.3 Å². The normalized spacial score (nSPS) is 29.1. The first-order valence-corrected chi connectivity index (χ1v) is 4.55. The summed E-state index contributed by atoms with van der Waals surface area (Å²) in [7, 11) is 0. The first-order valence-electron chi connectivity index (χ1n) is 4.55. The molecule has 0 bridgehead atoms. The summed E-state index contributed by atoms with van der Waals surface area (Å²) in [6.45, 7) is 3.40. The van der Waals surface area contributed by atoms with E-state index in [1.807, 2.05) is 0 Å². The van der Waals surface area contributed by atoms with E-state index in [1.165, 1.54) is 0 Å². The Bertz CT molecular complexity index is 341. The van der Waals surface area contributed by atoms with Gasteiger partial charge in [-0.1, -0.05) is 5.92 Å². The number of hydrogen-bond donors (Lipinski definition) is 2. The van der Waals surface area contributed by atoms with E-state index in [1.54, 1.807) is 13.8 Å². The van der Waals surface area contributed by atoms with E-state index in [4.69, 9.17) is 9.84 Å². The number of hydrogen-bond acceptors (Lipinski definition) is 3. The second kappa shape index (κ2) is 4.32. The SMILES string of the molecule is CC#CC(=O)NC1COCC1(C)C(=O)O. The smallest absolute Gasteiger partial charge is 0.313 e. The van der Waals surface area contributed by atoms with Gasteiger partial charge < -0.3 is 15.2 Å². The van der Waals surface area contributed by atoms with Gasteiger partial charge in [-0.2, -0.15) is 0 Å². The van der Waals surface area contributed by atoms with Crippen molar-refractivity contribution < 1.29 is 19.4 Å². The van der Waals surface area contributed by atoms with Crippen LogP contribution in [0.1, 0.15) is 13.8 Å². The van der Waals surface area contributed by atoms with E-state index in [9.17, 15) is 9.59 Å². The van der Waals surface area contributed by atoms with Gasteiger partial charge in [-0.15, -0.1) is 0 Å². The fraction of sp³-hybridized carbons (Fsp3) is 0.600. The van der Waals surface area contributed by atoms with Gasteiger partial charge in [-0.25, -0.2) is 0 Å². The molecule has 0 radical (unpaired) electrons. The Kier molecular flexibility index (Phi) is 3.32. The third-order valence-electron chi connectivity index (χ3n) is 2.49. The Hall–Kier alpha value is -1.54. The molecule has 0 aromatic carbocycles. The summed E-state index contributed by atoms with van der Waals surface area (Å²) in [5, 5.41) is 11.6. The third-order valence-corrected chi connectivity index (χ3v) is 2.49. The highest BCUT2D eigenvalue weighted by atomic mass is 16.5. The molecule has 0 aliphatic carbocycles. The molecule has 1 aliphatic rings. The number of carbonyl (C=O) groups excluding carboxylic acids is 1. The topological polar surface area (TPSA) is 75.6 Å². The van der Waals surface area contributed by atoms with Gasteiger partial charge in [0.1, 0.15) is 5.41 Å². The summed E-state index contributed by atoms with van der Waals surface area (Å²) >= 11 is 0. The molecule has 1 rings (SSSR count). The first kappa shape index (κ1) is 11.5. The Morgan fingerprint density at radius 2 is 2.27 bits per heavy atom. The van der Waals surface area contributed by atoms with Crippen molar-refractivity contribution in [3.05, 3.63) is 0 Å². The number of ether oxygens (including phenoxy) is 1. The molecule has 1 amide bonds. The van der Waals surface area contributed by atoms with E-state index >= 15 is 0 Å². The van der Waals surface area contributed by atoms with Crippen LogP contribution in [-0.4, -0.2) is 36.2 Å². The summed E-state index contributed by atoms with van der Waals surface area (Å²) in [4.78, 5) is 22.2. The molecule has 5 nitrogen and oxygen atoms in total. The standard InChI is InChI=1S/C10H13NO4/c1-3-4-8(12)11-7-5-15-6-10(7,2)9(13)14/h7H,5-6H2,1-2H3,(H,11,12)(H,13,14). The molecule has 2 N–H and O–H groups in total. The lowest BCUT2D eigenvalue weighted by atomic mass is 9.85. The highest BCUT2D eigenvalue weighted by Crippen LogP contribution is 2.28. The molecule has 2 unspecified atom stereocenters. The largest absolute Gasteiger partial charge is 0.481 e. The van der Waals surface area contributed by atoms with Crippen LogP contribution in [-0.2, 0) is 14.3 Å². The quantitative estimate of drug-likeness (QED) is 0.610. The minimum atomic E-state index is -1.06. The maximum atomic E-state index is 11.2. The predicted octanol–water partition coefficient (Wildman–Crippen LogP) is -0.384. The first-order chi connectivity index (χ1) is 7.00. The molecular weight excluding hydrogens is 198 g/mol. The van der Waals surface area contributed by atoms with E-state index < -0.39 is 23.3 Å². The Morgan fingerprint density at radius 1 is 1.60 bits per heavy atom. The summed E-state index contributed by atoms with van der Waals surface area (Å²) in [5.41, 5.74) is -1.06. The van der Waals surface area contributed by atoms with Crippen LogP contribution in [0.2, 0.25) is 0 Å². The predicted molar refractivity (Wildman–Crippen MR) is 51.9 cm³/mol. The number of carboxylic acids is 1. The monoisotopic (exact) mass is 211 g/mol. The number of aliphatic carboxylic acids is 1. The molecule has 0 aromatic rings. The zero-order valence-electron chi connectivity index (χ0n) is 8.66. The molecular formula is C10H13NO4. The summed E-state index contributed by atoms with van der Waals surface area (Å²) in [5.74, 6) is 3.30. The average molecular weight is 211 g/mol. The average Bonchev–Trinajstić information content (AvgIpc) is 2.50. The number of carboxylic acid groups (broad SMARTS) is 1. The maximum absolute atomic E-state index is 11.2. The summed E-state index contributed by atoms with van der Waals surface area (Å²) < 4.78 is 5.07. The molecule has 5 heteroatoms. The van der Waals surface area contributed by atoms with Crippen LogP contribution in [0.25, 0.3) is 0 Å². The lowest BCUT2D eigenvalue weighted by Crippen LogP contribution is -2.49. The van der Waals surface area contributed by atoms with Crippen molar-refractivity contribution in [3.8, 4) is 11.8 Å². The lowest BCUT2D eigenvalue weighted by Gasteiger charge is -2.24. The zero-order chi connectivity index (χ0) is 11.5. The van der Waals surface area contributed by atoms with Crippen molar-refractivity contribution in [3.63, 3.8) is 0 Å². The number of nitrogens with one attached hydrogen (secondary N) is 1. The molecule has 82 valence electrons. The second-order valence-electron chi connectivity index (χ2n) is 3.64. The molecule has 2 atom stereocenters. The van der Waals surface area contributed by atoms with Gasteiger partial charge in [0.15, 0.2) is 0 Å². The Balaban J connectivity index is 2.72. The van der Waals surface area contributed by atoms with Gasteiger partial charge in [0, 0.05) is 0 Å². The molecule has 1 fully saturated rings. The number of carbonyl (C=O) groups is 2. The van der Waals surface area contributed by atoms with Gasteiger partial charge in [-0.05, 0) is 19.8 Å². The molecule has 1 heterocycles. The fourth-order valence-corrected chi connectivity index (χ4v) is 1.39. The summed E-state index contributed by atoms with van der Waals surface area (Å²) in [6.07, 6.45) is 0. The van der Waals surface area contributed by atoms with Crippen molar-refractivity contribution in [2.24, 2.45) is 5.41 Å². The molecule has 1 saturated heterocycles. The molecule has 0 aromatic heterocycles. The zero-order valence-corrected chi connectivity index (χ0v) is 8.66. The maximum Gasteiger partial charge on any atom is 0.313 e. The van der Waals surface area contributed by atoms with Crippen LogP contribution < -0.4 is 5.32 Å². The van der Waals surface area contributed by atoms with Crippen LogP contribution >= 0.6 is 0 Å². The lowest BCUT2D eigenvalue weighted by molar-refractivity contribution is -0.148. The summed E-state index contributed by atoms with van der Waals surface area (Å²) in [6, 6.07) is -0.525. The molecule has 1 aliphatic heterocycles. The van der Waals surface area contributed by atoms with Gasteiger partial charge >= 0.3 is 5.97 Å². The molecule has 0 saturated carbocycles. The van der Waals surface area contributed by atoms with Gasteiger partial charge in [-0.3, -0.25) is 9.59 Å². The van der Waals surface area contributed by atoms with Crippen LogP contribution in [0.3, 0.4) is 0 Å². The van der Waals surface area contributed by atoms with Crippen molar-refractivity contribution >= 4 is 11.9 Å². The van der Waals surface area contributed by atoms with Crippen LogP contribution in [0.4, 0.5) is 0 Å². The Morgan fingerprint density at radius 3 is 2.80 bits per heavy atom. The van der Waals surface area contributed by atoms with Crippen molar-refractivity contribution in [2.45, 2.75) is 19.9 Å². The van der Waals surface area contributed by atoms with E-state index in [2.05, 4.69) is 17.2 Å². The minimum absolute atomic E-state index is 0.104. The third kappa shape index (κ3) is 2.28. The minimum Gasteiger partial charge on any atom is -0.481 e. The molecule has 15 heavy (non-hydrogen) atoms. The van der Waals surface area contributed by atoms with Crippen molar-refractivity contribution in [2.75, 3.05) is 13.2 Å². The van der Waals surface area contributed by atoms with E-state index in [0.717, 1.165) is 0 Å². The van der Waals surface area contributed by atoms with Gasteiger partial charge in [0.05, 0.1) is 19.3 Å². The van der Waals surface area contributed by atoms with Crippen LogP contribution in [0.5, 0.6) is 0 Å². The highest BCUT2D eigenvalue weighted by molar-refractivity contribution is 5.94. The van der Waals surface area contributed by atoms with Gasteiger partial charge in [0.2, 0.25) is 0 Å². The Labute approximate surface area is 87.8 Å². The number of rotatable bonds is 2. The number of amides is 1. The van der Waals surface area contributed by atoms with E-state index in [-0.39, 0.29) is 13.2 Å². The van der Waals surface area contributed by atoms with Crippen molar-refractivity contribution in [1.82, 2.24) is 5.32 Å². The highest BCUT2D eigenvalue weighted by Gasteiger charge is 2.47. The second-order valence-corrected chi connectivity index (χ2v) is 3.64. The molecule has 0 spiro atoms. The fourth-order valence-electron chi connectivity index (χ4n) is 1.39. The van der Waals surface area contributed by atoms with Gasteiger partial charge in [0.25, 0.3) is 5.91 Å². The van der Waals surface area contributed by atoms with E-state index in [0.29, 0.717) is 0 Å². The van der Waals surface area contributed by atoms with Crippen molar-refractivity contribution in [1.29, 1.82) is 0 Å².